The Morgan fingerprint density at radius 2 is 2.13 bits per heavy atom. The quantitative estimate of drug-likeness (QED) is 0.622. The maximum atomic E-state index is 10.7. The minimum atomic E-state index is 0.0183. The van der Waals surface area contributed by atoms with E-state index in [0.717, 1.165) is 0 Å². The molecule has 4 heteroatoms. The van der Waals surface area contributed by atoms with E-state index >= 15 is 0 Å². The van der Waals surface area contributed by atoms with Crippen LogP contribution < -0.4 is 9.78 Å². The van der Waals surface area contributed by atoms with E-state index in [9.17, 15) is 4.79 Å². The number of halogens is 1. The SMILES string of the molecule is CC(=O)NC/C(I)=C/[Se]c1ccccc1. The summed E-state index contributed by atoms with van der Waals surface area (Å²) in [4.78, 5) is 12.9. The molecule has 80 valence electrons. The van der Waals surface area contributed by atoms with Crippen molar-refractivity contribution in [1.29, 1.82) is 0 Å². The van der Waals surface area contributed by atoms with Crippen molar-refractivity contribution in [3.8, 4) is 0 Å². The van der Waals surface area contributed by atoms with Gasteiger partial charge in [-0.2, -0.15) is 0 Å². The van der Waals surface area contributed by atoms with E-state index in [4.69, 9.17) is 0 Å². The third kappa shape index (κ3) is 5.97. The van der Waals surface area contributed by atoms with Crippen LogP contribution in [0.25, 0.3) is 0 Å². The maximum absolute atomic E-state index is 10.7. The third-order valence-electron chi connectivity index (χ3n) is 1.57. The third-order valence-corrected chi connectivity index (χ3v) is 5.20. The molecule has 1 aromatic carbocycles. The van der Waals surface area contributed by atoms with Gasteiger partial charge in [-0.15, -0.1) is 0 Å². The normalized spacial score (nSPS) is 11.2. The van der Waals surface area contributed by atoms with E-state index in [1.807, 2.05) is 18.2 Å². The Kier molecular flexibility index (Phi) is 5.98. The van der Waals surface area contributed by atoms with Crippen LogP contribution in [-0.2, 0) is 4.79 Å². The van der Waals surface area contributed by atoms with Gasteiger partial charge in [-0.25, -0.2) is 0 Å². The molecule has 15 heavy (non-hydrogen) atoms. The molecule has 0 saturated carbocycles. The first-order valence-corrected chi connectivity index (χ1v) is 7.41. The van der Waals surface area contributed by atoms with Gasteiger partial charge in [0.2, 0.25) is 0 Å². The van der Waals surface area contributed by atoms with E-state index in [1.165, 1.54) is 15.0 Å². The molecule has 0 aliphatic rings. The Morgan fingerprint density at radius 1 is 1.47 bits per heavy atom. The van der Waals surface area contributed by atoms with Crippen LogP contribution in [0.1, 0.15) is 6.92 Å². The summed E-state index contributed by atoms with van der Waals surface area (Å²) in [6.45, 7) is 2.18. The summed E-state index contributed by atoms with van der Waals surface area (Å²) in [7, 11) is 0. The number of carbonyl (C=O) groups excluding carboxylic acids is 1. The number of nitrogens with one attached hydrogen (secondary N) is 1. The monoisotopic (exact) mass is 381 g/mol. The zero-order valence-electron chi connectivity index (χ0n) is 8.37. The van der Waals surface area contributed by atoms with E-state index in [2.05, 4.69) is 45.0 Å². The second-order valence-electron chi connectivity index (χ2n) is 2.91. The van der Waals surface area contributed by atoms with Crippen LogP contribution in [0.15, 0.2) is 38.9 Å². The Labute approximate surface area is 110 Å². The second-order valence-corrected chi connectivity index (χ2v) is 6.27. The minimum absolute atomic E-state index is 0.0183. The predicted molar refractivity (Wildman–Crippen MR) is 72.6 cm³/mol. The molecule has 0 aromatic heterocycles. The first-order valence-electron chi connectivity index (χ1n) is 4.49. The van der Waals surface area contributed by atoms with Crippen LogP contribution in [0.5, 0.6) is 0 Å². The molecule has 0 unspecified atom stereocenters. The van der Waals surface area contributed by atoms with Gasteiger partial charge in [-0.05, 0) is 0 Å². The number of amides is 1. The molecule has 0 fully saturated rings. The molecule has 2 nitrogen and oxygen atoms in total. The Balaban J connectivity index is 2.40. The molecule has 0 bridgehead atoms. The van der Waals surface area contributed by atoms with Crippen LogP contribution in [0.2, 0.25) is 0 Å². The summed E-state index contributed by atoms with van der Waals surface area (Å²) in [5.74, 6) is 0.0183. The van der Waals surface area contributed by atoms with Gasteiger partial charge in [-0.1, -0.05) is 0 Å². The van der Waals surface area contributed by atoms with Crippen LogP contribution in [0, 0.1) is 0 Å². The number of hydrogen-bond acceptors (Lipinski definition) is 1. The van der Waals surface area contributed by atoms with Crippen molar-refractivity contribution in [2.24, 2.45) is 0 Å². The van der Waals surface area contributed by atoms with E-state index in [1.54, 1.807) is 0 Å². The number of benzene rings is 1. The van der Waals surface area contributed by atoms with Crippen molar-refractivity contribution in [3.63, 3.8) is 0 Å². The van der Waals surface area contributed by atoms with Crippen LogP contribution in [-0.4, -0.2) is 27.4 Å². The van der Waals surface area contributed by atoms with E-state index < -0.39 is 0 Å². The molecule has 0 aliphatic heterocycles. The van der Waals surface area contributed by atoms with Gasteiger partial charge in [0.25, 0.3) is 0 Å². The Bertz CT molecular complexity index is 351. The summed E-state index contributed by atoms with van der Waals surface area (Å²) in [5, 5.41) is 2.78. The van der Waals surface area contributed by atoms with Gasteiger partial charge >= 0.3 is 110 Å². The molecule has 1 N–H and O–H groups in total. The number of hydrogen-bond donors (Lipinski definition) is 1. The molecule has 0 atom stereocenters. The molecule has 0 spiro atoms. The molecule has 0 aliphatic carbocycles. The second kappa shape index (κ2) is 7.04. The summed E-state index contributed by atoms with van der Waals surface area (Å²) in [6, 6.07) is 10.4. The number of rotatable bonds is 4. The fourth-order valence-electron chi connectivity index (χ4n) is 0.882. The molecule has 1 amide bonds. The molecule has 1 aromatic rings. The molecule has 0 radical (unpaired) electrons. The van der Waals surface area contributed by atoms with Crippen LogP contribution in [0.4, 0.5) is 0 Å². The van der Waals surface area contributed by atoms with Crippen molar-refractivity contribution in [2.75, 3.05) is 6.54 Å². The zero-order chi connectivity index (χ0) is 11.1. The van der Waals surface area contributed by atoms with Crippen molar-refractivity contribution < 1.29 is 4.79 Å². The average molecular weight is 380 g/mol. The summed E-state index contributed by atoms with van der Waals surface area (Å²) in [5.41, 5.74) is 0. The molecular weight excluding hydrogens is 368 g/mol. The van der Waals surface area contributed by atoms with Gasteiger partial charge in [-0.3, -0.25) is 0 Å². The standard InChI is InChI=1S/C11H12INOSe/c1-9(14)13-7-10(12)8-15-11-5-3-2-4-6-11/h2-6,8H,7H2,1H3,(H,13,14)/b10-8-. The van der Waals surface area contributed by atoms with Crippen molar-refractivity contribution in [3.05, 3.63) is 38.9 Å². The van der Waals surface area contributed by atoms with Gasteiger partial charge in [0.05, 0.1) is 0 Å². The summed E-state index contributed by atoms with van der Waals surface area (Å²) >= 11 is 2.62. The van der Waals surface area contributed by atoms with Gasteiger partial charge in [0.15, 0.2) is 0 Å². The van der Waals surface area contributed by atoms with E-state index in [0.29, 0.717) is 21.5 Å². The number of carbonyl (C=O) groups is 1. The molecule has 1 rings (SSSR count). The summed E-state index contributed by atoms with van der Waals surface area (Å²) < 4.78 is 2.54. The van der Waals surface area contributed by atoms with Gasteiger partial charge < -0.3 is 0 Å². The Hall–Kier alpha value is -0.321. The van der Waals surface area contributed by atoms with Crippen molar-refractivity contribution in [1.82, 2.24) is 5.32 Å². The van der Waals surface area contributed by atoms with Crippen LogP contribution >= 0.6 is 22.6 Å². The first-order chi connectivity index (χ1) is 7.18. The predicted octanol–water partition coefficient (Wildman–Crippen LogP) is 1.43. The topological polar surface area (TPSA) is 29.1 Å². The molecule has 0 saturated heterocycles. The molecule has 0 heterocycles. The zero-order valence-corrected chi connectivity index (χ0v) is 12.2. The van der Waals surface area contributed by atoms with Crippen molar-refractivity contribution in [2.45, 2.75) is 6.92 Å². The first kappa shape index (κ1) is 12.7. The fraction of sp³-hybridized carbons (Fsp3) is 0.182. The van der Waals surface area contributed by atoms with Crippen LogP contribution in [0.3, 0.4) is 0 Å². The van der Waals surface area contributed by atoms with Gasteiger partial charge in [0, 0.05) is 0 Å². The average Bonchev–Trinajstić information content (AvgIpc) is 2.25. The fourth-order valence-corrected chi connectivity index (χ4v) is 3.12. The Morgan fingerprint density at radius 3 is 2.73 bits per heavy atom. The van der Waals surface area contributed by atoms with Crippen molar-refractivity contribution >= 4 is 47.9 Å². The van der Waals surface area contributed by atoms with E-state index in [-0.39, 0.29) is 5.91 Å². The molecular formula is C11H12INOSe. The summed E-state index contributed by atoms with van der Waals surface area (Å²) in [6.07, 6.45) is 0. The van der Waals surface area contributed by atoms with Gasteiger partial charge in [0.1, 0.15) is 0 Å².